The van der Waals surface area contributed by atoms with Gasteiger partial charge in [-0.15, -0.1) is 0 Å². The van der Waals surface area contributed by atoms with Crippen molar-refractivity contribution in [2.24, 2.45) is 7.05 Å². The molecule has 0 aliphatic carbocycles. The van der Waals surface area contributed by atoms with E-state index in [-0.39, 0.29) is 5.97 Å². The fourth-order valence-corrected chi connectivity index (χ4v) is 1.36. The summed E-state index contributed by atoms with van der Waals surface area (Å²) in [4.78, 5) is 11.2. The second kappa shape index (κ2) is 6.85. The van der Waals surface area contributed by atoms with Crippen LogP contribution in [0.5, 0.6) is 0 Å². The van der Waals surface area contributed by atoms with Gasteiger partial charge in [-0.25, -0.2) is 4.79 Å². The van der Waals surface area contributed by atoms with E-state index in [0.717, 1.165) is 18.7 Å². The van der Waals surface area contributed by atoms with E-state index in [0.29, 0.717) is 18.7 Å². The lowest BCUT2D eigenvalue weighted by atomic mass is 10.3. The maximum atomic E-state index is 11.2. The highest BCUT2D eigenvalue weighted by atomic mass is 16.5. The molecule has 0 amide bonds. The predicted molar refractivity (Wildman–Crippen MR) is 65.6 cm³/mol. The zero-order chi connectivity index (χ0) is 12.7. The van der Waals surface area contributed by atoms with Gasteiger partial charge >= 0.3 is 5.97 Å². The Balaban J connectivity index is 2.16. The molecule has 0 aliphatic rings. The van der Waals surface area contributed by atoms with Gasteiger partial charge in [0.2, 0.25) is 0 Å². The van der Waals surface area contributed by atoms with Crippen LogP contribution < -0.4 is 5.32 Å². The second-order valence-electron chi connectivity index (χ2n) is 3.73. The standard InChI is InChI=1S/C12H19N3O2/c1-4-17-12(16)10(2)9-13-7-5-11-6-8-15(3)14-11/h6,8,13H,2,4-5,7,9H2,1,3H3. The zero-order valence-corrected chi connectivity index (χ0v) is 10.4. The van der Waals surface area contributed by atoms with Crippen LogP contribution >= 0.6 is 0 Å². The van der Waals surface area contributed by atoms with Gasteiger partial charge in [0.25, 0.3) is 0 Å². The van der Waals surface area contributed by atoms with Crippen LogP contribution in [0.3, 0.4) is 0 Å². The van der Waals surface area contributed by atoms with Crippen LogP contribution in [0.1, 0.15) is 12.6 Å². The molecule has 94 valence electrons. The fraction of sp³-hybridized carbons (Fsp3) is 0.500. The van der Waals surface area contributed by atoms with Gasteiger partial charge in [0.1, 0.15) is 0 Å². The Morgan fingerprint density at radius 2 is 2.41 bits per heavy atom. The predicted octanol–water partition coefficient (Wildman–Crippen LogP) is 0.671. The average molecular weight is 237 g/mol. The summed E-state index contributed by atoms with van der Waals surface area (Å²) in [6.07, 6.45) is 2.74. The van der Waals surface area contributed by atoms with Crippen LogP contribution in [0.4, 0.5) is 0 Å². The van der Waals surface area contributed by atoms with Crippen molar-refractivity contribution in [2.75, 3.05) is 19.7 Å². The van der Waals surface area contributed by atoms with E-state index < -0.39 is 0 Å². The number of carbonyl (C=O) groups excluding carboxylic acids is 1. The summed E-state index contributed by atoms with van der Waals surface area (Å²) in [6.45, 7) is 7.03. The van der Waals surface area contributed by atoms with Crippen molar-refractivity contribution >= 4 is 5.97 Å². The Kier molecular flexibility index (Phi) is 5.42. The maximum absolute atomic E-state index is 11.2. The van der Waals surface area contributed by atoms with Gasteiger partial charge in [0.05, 0.1) is 12.3 Å². The molecule has 1 aromatic heterocycles. The molecule has 0 atom stereocenters. The largest absolute Gasteiger partial charge is 0.463 e. The lowest BCUT2D eigenvalue weighted by Crippen LogP contribution is -2.24. The van der Waals surface area contributed by atoms with Crippen LogP contribution in [-0.4, -0.2) is 35.4 Å². The molecule has 0 fully saturated rings. The number of nitrogens with zero attached hydrogens (tertiary/aromatic N) is 2. The maximum Gasteiger partial charge on any atom is 0.334 e. The van der Waals surface area contributed by atoms with Crippen LogP contribution in [-0.2, 0) is 23.0 Å². The lowest BCUT2D eigenvalue weighted by Gasteiger charge is -2.06. The molecule has 17 heavy (non-hydrogen) atoms. The normalized spacial score (nSPS) is 10.2. The number of nitrogens with one attached hydrogen (secondary N) is 1. The van der Waals surface area contributed by atoms with E-state index in [9.17, 15) is 4.79 Å². The number of aromatic nitrogens is 2. The third kappa shape index (κ3) is 4.82. The average Bonchev–Trinajstić information content (AvgIpc) is 2.70. The van der Waals surface area contributed by atoms with E-state index in [1.54, 1.807) is 11.6 Å². The van der Waals surface area contributed by atoms with Gasteiger partial charge in [0, 0.05) is 38.3 Å². The summed E-state index contributed by atoms with van der Waals surface area (Å²) >= 11 is 0. The highest BCUT2D eigenvalue weighted by Crippen LogP contribution is 1.95. The molecular weight excluding hydrogens is 218 g/mol. The van der Waals surface area contributed by atoms with Crippen LogP contribution in [0.15, 0.2) is 24.4 Å². The van der Waals surface area contributed by atoms with Crippen molar-refractivity contribution in [3.8, 4) is 0 Å². The van der Waals surface area contributed by atoms with Crippen molar-refractivity contribution in [1.82, 2.24) is 15.1 Å². The molecule has 0 saturated heterocycles. The number of hydrogen-bond donors (Lipinski definition) is 1. The molecule has 5 nitrogen and oxygen atoms in total. The van der Waals surface area contributed by atoms with Gasteiger partial charge in [-0.2, -0.15) is 5.10 Å². The molecule has 0 aliphatic heterocycles. The highest BCUT2D eigenvalue weighted by molar-refractivity contribution is 5.88. The van der Waals surface area contributed by atoms with Gasteiger partial charge < -0.3 is 10.1 Å². The Morgan fingerprint density at radius 1 is 1.65 bits per heavy atom. The Hall–Kier alpha value is -1.62. The monoisotopic (exact) mass is 237 g/mol. The summed E-state index contributed by atoms with van der Waals surface area (Å²) in [7, 11) is 1.89. The van der Waals surface area contributed by atoms with E-state index in [1.807, 2.05) is 19.3 Å². The van der Waals surface area contributed by atoms with Crippen molar-refractivity contribution in [2.45, 2.75) is 13.3 Å². The Labute approximate surface area is 101 Å². The molecule has 5 heteroatoms. The minimum Gasteiger partial charge on any atom is -0.463 e. The van der Waals surface area contributed by atoms with Crippen molar-refractivity contribution in [1.29, 1.82) is 0 Å². The molecule has 0 radical (unpaired) electrons. The third-order valence-electron chi connectivity index (χ3n) is 2.23. The molecule has 1 aromatic rings. The molecule has 0 saturated carbocycles. The first-order valence-electron chi connectivity index (χ1n) is 5.67. The highest BCUT2D eigenvalue weighted by Gasteiger charge is 2.06. The van der Waals surface area contributed by atoms with E-state index in [1.165, 1.54) is 0 Å². The first-order valence-corrected chi connectivity index (χ1v) is 5.67. The van der Waals surface area contributed by atoms with E-state index >= 15 is 0 Å². The van der Waals surface area contributed by atoms with E-state index in [2.05, 4.69) is 17.0 Å². The van der Waals surface area contributed by atoms with Crippen molar-refractivity contribution in [3.05, 3.63) is 30.1 Å². The summed E-state index contributed by atoms with van der Waals surface area (Å²) in [5.41, 5.74) is 1.48. The van der Waals surface area contributed by atoms with Gasteiger partial charge in [0.15, 0.2) is 0 Å². The molecule has 0 spiro atoms. The van der Waals surface area contributed by atoms with Gasteiger partial charge in [-0.3, -0.25) is 4.68 Å². The number of ether oxygens (including phenoxy) is 1. The zero-order valence-electron chi connectivity index (χ0n) is 10.4. The number of esters is 1. The first-order chi connectivity index (χ1) is 8.13. The molecule has 0 unspecified atom stereocenters. The van der Waals surface area contributed by atoms with E-state index in [4.69, 9.17) is 4.74 Å². The molecule has 0 aromatic carbocycles. The first kappa shape index (κ1) is 13.4. The SMILES string of the molecule is C=C(CNCCc1ccn(C)n1)C(=O)OCC. The van der Waals surface area contributed by atoms with Crippen LogP contribution in [0.2, 0.25) is 0 Å². The number of rotatable bonds is 7. The Morgan fingerprint density at radius 3 is 3.00 bits per heavy atom. The molecule has 0 bridgehead atoms. The van der Waals surface area contributed by atoms with Crippen LogP contribution in [0, 0.1) is 0 Å². The fourth-order valence-electron chi connectivity index (χ4n) is 1.36. The summed E-state index contributed by atoms with van der Waals surface area (Å²) < 4.78 is 6.60. The molecule has 1 heterocycles. The van der Waals surface area contributed by atoms with Crippen molar-refractivity contribution < 1.29 is 9.53 Å². The van der Waals surface area contributed by atoms with Crippen LogP contribution in [0.25, 0.3) is 0 Å². The summed E-state index contributed by atoms with van der Waals surface area (Å²) in [6, 6.07) is 1.97. The topological polar surface area (TPSA) is 56.2 Å². The van der Waals surface area contributed by atoms with Gasteiger partial charge in [-0.1, -0.05) is 6.58 Å². The van der Waals surface area contributed by atoms with Gasteiger partial charge in [-0.05, 0) is 13.0 Å². The Bertz CT molecular complexity index is 385. The molecule has 1 rings (SSSR count). The molecular formula is C12H19N3O2. The second-order valence-corrected chi connectivity index (χ2v) is 3.73. The smallest absolute Gasteiger partial charge is 0.334 e. The minimum absolute atomic E-state index is 0.335. The minimum atomic E-state index is -0.335. The lowest BCUT2D eigenvalue weighted by molar-refractivity contribution is -0.138. The number of hydrogen-bond acceptors (Lipinski definition) is 4. The summed E-state index contributed by atoms with van der Waals surface area (Å²) in [5.74, 6) is -0.335. The third-order valence-corrected chi connectivity index (χ3v) is 2.23. The molecule has 1 N–H and O–H groups in total. The number of aryl methyl sites for hydroxylation is 1. The number of carbonyl (C=O) groups is 1. The quantitative estimate of drug-likeness (QED) is 0.430. The summed E-state index contributed by atoms with van der Waals surface area (Å²) in [5, 5.41) is 7.39. The van der Waals surface area contributed by atoms with Crippen molar-refractivity contribution in [3.63, 3.8) is 0 Å².